The lowest BCUT2D eigenvalue weighted by atomic mass is 10.1. The van der Waals surface area contributed by atoms with Crippen molar-refractivity contribution in [1.82, 2.24) is 0 Å². The molecular formula is C15H15N2O4PS. The van der Waals surface area contributed by atoms with Crippen LogP contribution in [0.2, 0.25) is 0 Å². The predicted octanol–water partition coefficient (Wildman–Crippen LogP) is 3.63. The van der Waals surface area contributed by atoms with Gasteiger partial charge in [0.1, 0.15) is 16.9 Å². The number of hydrogen-bond donors (Lipinski definition) is 1. The zero-order chi connectivity index (χ0) is 17.0. The zero-order valence-electron chi connectivity index (χ0n) is 12.6. The SMILES string of the molecule is CCOP(=O)(OC)c1c(N)oc(-c2ccccc2)c(C#N)c1=S. The van der Waals surface area contributed by atoms with Gasteiger partial charge in [0.25, 0.3) is 0 Å². The first-order valence-electron chi connectivity index (χ1n) is 6.71. The molecular weight excluding hydrogens is 335 g/mol. The molecule has 0 aliphatic rings. The van der Waals surface area contributed by atoms with Gasteiger partial charge >= 0.3 is 7.60 Å². The Hall–Kier alpha value is -1.97. The van der Waals surface area contributed by atoms with Gasteiger partial charge in [-0.3, -0.25) is 4.57 Å². The van der Waals surface area contributed by atoms with E-state index in [1.807, 2.05) is 12.1 Å². The van der Waals surface area contributed by atoms with Crippen LogP contribution in [0.3, 0.4) is 0 Å². The van der Waals surface area contributed by atoms with Crippen molar-refractivity contribution in [2.45, 2.75) is 6.92 Å². The third-order valence-corrected chi connectivity index (χ3v) is 5.71. The summed E-state index contributed by atoms with van der Waals surface area (Å²) in [5.74, 6) is 0.0324. The highest BCUT2D eigenvalue weighted by molar-refractivity contribution is 7.73. The lowest BCUT2D eigenvalue weighted by Crippen LogP contribution is -2.17. The average Bonchev–Trinajstić information content (AvgIpc) is 2.55. The van der Waals surface area contributed by atoms with Crippen LogP contribution in [0.15, 0.2) is 34.7 Å². The van der Waals surface area contributed by atoms with Crippen LogP contribution < -0.4 is 11.0 Å². The second-order valence-electron chi connectivity index (χ2n) is 4.42. The zero-order valence-corrected chi connectivity index (χ0v) is 14.3. The summed E-state index contributed by atoms with van der Waals surface area (Å²) >= 11 is 5.30. The number of nitrogen functional groups attached to an aromatic ring is 1. The molecule has 0 amide bonds. The molecule has 1 unspecified atom stereocenters. The quantitative estimate of drug-likeness (QED) is 0.649. The Labute approximate surface area is 139 Å². The minimum absolute atomic E-state index is 0.00809. The molecule has 0 saturated carbocycles. The molecule has 0 aliphatic carbocycles. The normalized spacial score (nSPS) is 13.3. The van der Waals surface area contributed by atoms with Gasteiger partial charge < -0.3 is 19.2 Å². The van der Waals surface area contributed by atoms with Gasteiger partial charge in [0.15, 0.2) is 5.76 Å². The van der Waals surface area contributed by atoms with Crippen molar-refractivity contribution < 1.29 is 18.0 Å². The predicted molar refractivity (Wildman–Crippen MR) is 90.0 cm³/mol. The number of nitriles is 1. The molecule has 1 aromatic heterocycles. The van der Waals surface area contributed by atoms with E-state index < -0.39 is 7.60 Å². The van der Waals surface area contributed by atoms with Crippen LogP contribution in [0, 0.1) is 15.8 Å². The van der Waals surface area contributed by atoms with Crippen LogP contribution in [0.4, 0.5) is 5.88 Å². The van der Waals surface area contributed by atoms with E-state index in [0.29, 0.717) is 5.56 Å². The fraction of sp³-hybridized carbons (Fsp3) is 0.200. The van der Waals surface area contributed by atoms with E-state index in [-0.39, 0.29) is 33.6 Å². The Morgan fingerprint density at radius 1 is 1.39 bits per heavy atom. The summed E-state index contributed by atoms with van der Waals surface area (Å²) in [5.41, 5.74) is 6.60. The standard InChI is InChI=1S/C15H15N2O4PS/c1-3-20-22(18,19-2)13-14(23)11(9-16)12(21-15(13)17)10-7-5-4-6-8-10/h4-8H,3,17H2,1-2H3. The Morgan fingerprint density at radius 3 is 2.57 bits per heavy atom. The molecule has 0 spiro atoms. The first kappa shape index (κ1) is 17.4. The Bertz CT molecular complexity index is 858. The second-order valence-corrected chi connectivity index (χ2v) is 6.90. The molecule has 0 radical (unpaired) electrons. The third-order valence-electron chi connectivity index (χ3n) is 3.08. The van der Waals surface area contributed by atoms with Gasteiger partial charge in [0.05, 0.1) is 11.1 Å². The third kappa shape index (κ3) is 3.21. The summed E-state index contributed by atoms with van der Waals surface area (Å²) in [4.78, 5) is 0. The molecule has 2 aromatic rings. The molecule has 1 aromatic carbocycles. The minimum atomic E-state index is -3.75. The van der Waals surface area contributed by atoms with E-state index in [0.717, 1.165) is 0 Å². The summed E-state index contributed by atoms with van der Waals surface area (Å²) in [7, 11) is -2.53. The van der Waals surface area contributed by atoms with Crippen LogP contribution in [0.1, 0.15) is 12.5 Å². The van der Waals surface area contributed by atoms with Gasteiger partial charge in [-0.05, 0) is 6.92 Å². The largest absolute Gasteiger partial charge is 0.438 e. The number of rotatable bonds is 5. The Kier molecular flexibility index (Phi) is 5.34. The monoisotopic (exact) mass is 350 g/mol. The molecule has 120 valence electrons. The van der Waals surface area contributed by atoms with E-state index in [9.17, 15) is 9.83 Å². The molecule has 0 aliphatic heterocycles. The van der Waals surface area contributed by atoms with Gasteiger partial charge in [-0.25, -0.2) is 0 Å². The summed E-state index contributed by atoms with van der Waals surface area (Å²) in [6.45, 7) is 1.78. The molecule has 6 nitrogen and oxygen atoms in total. The maximum atomic E-state index is 12.8. The fourth-order valence-electron chi connectivity index (χ4n) is 2.07. The molecule has 0 bridgehead atoms. The van der Waals surface area contributed by atoms with Crippen molar-refractivity contribution in [3.63, 3.8) is 0 Å². The molecule has 1 heterocycles. The van der Waals surface area contributed by atoms with Crippen LogP contribution in [-0.4, -0.2) is 13.7 Å². The maximum Gasteiger partial charge on any atom is 0.367 e. The molecule has 8 heteroatoms. The highest BCUT2D eigenvalue weighted by Gasteiger charge is 2.33. The van der Waals surface area contributed by atoms with Gasteiger partial charge in [-0.1, -0.05) is 42.5 Å². The average molecular weight is 350 g/mol. The number of nitrogens with two attached hydrogens (primary N) is 1. The molecule has 1 atom stereocenters. The van der Waals surface area contributed by atoms with Crippen LogP contribution in [-0.2, 0) is 13.6 Å². The molecule has 23 heavy (non-hydrogen) atoms. The van der Waals surface area contributed by atoms with Gasteiger partial charge in [0.2, 0.25) is 5.88 Å². The number of nitrogens with zero attached hydrogens (tertiary/aromatic N) is 1. The van der Waals surface area contributed by atoms with Crippen molar-refractivity contribution in [3.05, 3.63) is 40.4 Å². The van der Waals surface area contributed by atoms with E-state index >= 15 is 0 Å². The molecule has 2 rings (SSSR count). The van der Waals surface area contributed by atoms with Crippen molar-refractivity contribution in [3.8, 4) is 17.4 Å². The van der Waals surface area contributed by atoms with E-state index in [1.54, 1.807) is 31.2 Å². The lowest BCUT2D eigenvalue weighted by molar-refractivity contribution is 0.254. The van der Waals surface area contributed by atoms with Crippen molar-refractivity contribution >= 4 is 31.0 Å². The van der Waals surface area contributed by atoms with Crippen LogP contribution in [0.5, 0.6) is 0 Å². The topological polar surface area (TPSA) is 98.5 Å². The fourth-order valence-corrected chi connectivity index (χ4v) is 4.08. The number of hydrogen-bond acceptors (Lipinski definition) is 7. The summed E-state index contributed by atoms with van der Waals surface area (Å²) < 4.78 is 28.5. The Morgan fingerprint density at radius 2 is 2.04 bits per heavy atom. The van der Waals surface area contributed by atoms with Gasteiger partial charge in [-0.15, -0.1) is 0 Å². The highest BCUT2D eigenvalue weighted by atomic mass is 32.1. The first-order valence-corrected chi connectivity index (χ1v) is 8.66. The molecule has 0 saturated heterocycles. The Balaban J connectivity index is 2.79. The highest BCUT2D eigenvalue weighted by Crippen LogP contribution is 2.49. The van der Waals surface area contributed by atoms with E-state index in [2.05, 4.69) is 0 Å². The van der Waals surface area contributed by atoms with Crippen molar-refractivity contribution in [2.24, 2.45) is 0 Å². The van der Waals surface area contributed by atoms with Crippen LogP contribution >= 0.6 is 19.8 Å². The number of anilines is 1. The van der Waals surface area contributed by atoms with Crippen LogP contribution in [0.25, 0.3) is 11.3 Å². The second kappa shape index (κ2) is 7.07. The first-order chi connectivity index (χ1) is 11.0. The summed E-state index contributed by atoms with van der Waals surface area (Å²) in [5, 5.41) is 9.37. The molecule has 0 fully saturated rings. The lowest BCUT2D eigenvalue weighted by Gasteiger charge is -2.18. The van der Waals surface area contributed by atoms with Gasteiger partial charge in [0, 0.05) is 12.7 Å². The smallest absolute Gasteiger partial charge is 0.367 e. The summed E-state index contributed by atoms with van der Waals surface area (Å²) in [6.07, 6.45) is 0. The maximum absolute atomic E-state index is 12.8. The molecule has 2 N–H and O–H groups in total. The minimum Gasteiger partial charge on any atom is -0.438 e. The van der Waals surface area contributed by atoms with Crippen molar-refractivity contribution in [1.29, 1.82) is 5.26 Å². The van der Waals surface area contributed by atoms with E-state index in [4.69, 9.17) is 31.4 Å². The van der Waals surface area contributed by atoms with Gasteiger partial charge in [-0.2, -0.15) is 5.26 Å². The number of benzene rings is 1. The van der Waals surface area contributed by atoms with Crippen molar-refractivity contribution in [2.75, 3.05) is 19.5 Å². The van der Waals surface area contributed by atoms with E-state index in [1.165, 1.54) is 7.11 Å². The summed E-state index contributed by atoms with van der Waals surface area (Å²) in [6, 6.07) is 10.9.